The second-order valence-corrected chi connectivity index (χ2v) is 9.05. The van der Waals surface area contributed by atoms with Gasteiger partial charge < -0.3 is 24.6 Å². The van der Waals surface area contributed by atoms with E-state index in [1.54, 1.807) is 68.4 Å². The van der Waals surface area contributed by atoms with Gasteiger partial charge >= 0.3 is 23.9 Å². The summed E-state index contributed by atoms with van der Waals surface area (Å²) in [6.07, 6.45) is -4.36. The Balaban J connectivity index is 1.80. The Morgan fingerprint density at radius 2 is 1.20 bits per heavy atom. The van der Waals surface area contributed by atoms with E-state index >= 15 is 0 Å². The highest BCUT2D eigenvalue weighted by atomic mass is 16.6. The number of hydrogen-bond acceptors (Lipinski definition) is 8. The van der Waals surface area contributed by atoms with Crippen LogP contribution in [0, 0.1) is 13.8 Å². The van der Waals surface area contributed by atoms with Gasteiger partial charge in [-0.1, -0.05) is 65.7 Å². The molecule has 0 bridgehead atoms. The zero-order valence-electron chi connectivity index (χ0n) is 22.2. The Labute approximate surface area is 230 Å². The summed E-state index contributed by atoms with van der Waals surface area (Å²) in [6, 6.07) is 19.8. The number of aliphatic carboxylic acids is 1. The van der Waals surface area contributed by atoms with Crippen LogP contribution in [0.2, 0.25) is 0 Å². The molecule has 0 saturated heterocycles. The summed E-state index contributed by atoms with van der Waals surface area (Å²) < 4.78 is 15.6. The highest BCUT2D eigenvalue weighted by Crippen LogP contribution is 2.15. The van der Waals surface area contributed by atoms with E-state index in [0.29, 0.717) is 5.56 Å². The normalized spacial score (nSPS) is 12.8. The number of carboxylic acid groups (broad SMARTS) is 1. The van der Waals surface area contributed by atoms with Gasteiger partial charge in [0.1, 0.15) is 12.6 Å². The van der Waals surface area contributed by atoms with Crippen LogP contribution in [0.4, 0.5) is 0 Å². The van der Waals surface area contributed by atoms with E-state index in [1.165, 1.54) is 31.2 Å². The average Bonchev–Trinajstić information content (AvgIpc) is 2.94. The van der Waals surface area contributed by atoms with Gasteiger partial charge in [-0.3, -0.25) is 4.79 Å². The quantitative estimate of drug-likeness (QED) is 0.272. The Hall–Kier alpha value is -4.99. The second kappa shape index (κ2) is 13.7. The van der Waals surface area contributed by atoms with Crippen LogP contribution in [-0.2, 0) is 35.2 Å². The molecule has 0 spiro atoms. The van der Waals surface area contributed by atoms with Crippen molar-refractivity contribution in [3.05, 3.63) is 107 Å². The molecular formula is C30H29NO9. The molecule has 0 heterocycles. The maximum absolute atomic E-state index is 13.2. The Morgan fingerprint density at radius 1 is 0.725 bits per heavy atom. The molecule has 0 aromatic heterocycles. The Morgan fingerprint density at radius 3 is 1.68 bits per heavy atom. The van der Waals surface area contributed by atoms with Crippen LogP contribution in [0.5, 0.6) is 0 Å². The summed E-state index contributed by atoms with van der Waals surface area (Å²) in [4.78, 5) is 63.4. The van der Waals surface area contributed by atoms with E-state index in [9.17, 15) is 29.1 Å². The summed E-state index contributed by atoms with van der Waals surface area (Å²) in [5.41, 5.74) is 2.48. The minimum atomic E-state index is -2.23. The van der Waals surface area contributed by atoms with Crippen LogP contribution < -0.4 is 5.32 Å². The molecule has 0 aliphatic rings. The molecule has 1 amide bonds. The van der Waals surface area contributed by atoms with E-state index in [-0.39, 0.29) is 17.7 Å². The van der Waals surface area contributed by atoms with Crippen molar-refractivity contribution < 1.29 is 43.3 Å². The van der Waals surface area contributed by atoms with E-state index in [1.807, 2.05) is 0 Å². The zero-order valence-corrected chi connectivity index (χ0v) is 22.2. The Kier molecular flexibility index (Phi) is 10.1. The molecule has 0 aliphatic carbocycles. The van der Waals surface area contributed by atoms with Gasteiger partial charge in [0.2, 0.25) is 12.2 Å². The predicted octanol–water partition coefficient (Wildman–Crippen LogP) is 3.39. The molecular weight excluding hydrogens is 518 g/mol. The summed E-state index contributed by atoms with van der Waals surface area (Å²) in [6.45, 7) is 4.86. The number of aryl methyl sites for hydroxylation is 2. The van der Waals surface area contributed by atoms with E-state index in [2.05, 4.69) is 5.32 Å². The van der Waals surface area contributed by atoms with Gasteiger partial charge in [-0.25, -0.2) is 19.2 Å². The molecule has 40 heavy (non-hydrogen) atoms. The third kappa shape index (κ3) is 8.26. The van der Waals surface area contributed by atoms with E-state index in [0.717, 1.165) is 11.1 Å². The number of nitrogens with one attached hydrogen (secondary N) is 1. The molecule has 3 aromatic carbocycles. The summed E-state index contributed by atoms with van der Waals surface area (Å²) >= 11 is 0. The highest BCUT2D eigenvalue weighted by molar-refractivity contribution is 5.97. The van der Waals surface area contributed by atoms with E-state index in [4.69, 9.17) is 14.2 Å². The monoisotopic (exact) mass is 547 g/mol. The summed E-state index contributed by atoms with van der Waals surface area (Å²) in [7, 11) is 0. The number of benzene rings is 3. The van der Waals surface area contributed by atoms with Crippen molar-refractivity contribution in [3.8, 4) is 0 Å². The van der Waals surface area contributed by atoms with Crippen LogP contribution in [-0.4, -0.2) is 53.1 Å². The highest BCUT2D eigenvalue weighted by Gasteiger charge is 2.41. The van der Waals surface area contributed by atoms with Gasteiger partial charge in [0.05, 0.1) is 11.1 Å². The lowest BCUT2D eigenvalue weighted by molar-refractivity contribution is -0.160. The van der Waals surface area contributed by atoms with E-state index < -0.39 is 48.0 Å². The summed E-state index contributed by atoms with van der Waals surface area (Å²) in [5, 5.41) is 12.2. The van der Waals surface area contributed by atoms with Crippen LogP contribution in [0.1, 0.15) is 44.3 Å². The average molecular weight is 548 g/mol. The number of hydrogen-bond donors (Lipinski definition) is 2. The molecule has 0 fully saturated rings. The van der Waals surface area contributed by atoms with Crippen molar-refractivity contribution in [3.63, 3.8) is 0 Å². The van der Waals surface area contributed by atoms with Crippen molar-refractivity contribution >= 4 is 29.8 Å². The first kappa shape index (κ1) is 29.6. The van der Waals surface area contributed by atoms with Crippen LogP contribution >= 0.6 is 0 Å². The predicted molar refractivity (Wildman–Crippen MR) is 142 cm³/mol. The molecule has 2 N–H and O–H groups in total. The number of carbonyl (C=O) groups is 5. The first-order chi connectivity index (χ1) is 19.0. The molecule has 0 radical (unpaired) electrons. The van der Waals surface area contributed by atoms with Crippen LogP contribution in [0.15, 0.2) is 78.9 Å². The maximum atomic E-state index is 13.2. The van der Waals surface area contributed by atoms with Gasteiger partial charge in [0.15, 0.2) is 0 Å². The SMILES string of the molecule is Cc1ccc(C(=O)O[C@@H](C(=O)O)[C@@H](OC(=O)c2ccc(C)cc2)C(=O)N[C@H](C)C(=O)OCc2ccccc2)cc1. The first-order valence-corrected chi connectivity index (χ1v) is 12.3. The van der Waals surface area contributed by atoms with Crippen molar-refractivity contribution in [2.24, 2.45) is 0 Å². The third-order valence-electron chi connectivity index (χ3n) is 5.76. The van der Waals surface area contributed by atoms with Crippen molar-refractivity contribution in [1.29, 1.82) is 0 Å². The van der Waals surface area contributed by atoms with Gasteiger partial charge in [-0.15, -0.1) is 0 Å². The lowest BCUT2D eigenvalue weighted by atomic mass is 10.1. The minimum Gasteiger partial charge on any atom is -0.478 e. The van der Waals surface area contributed by atoms with Crippen molar-refractivity contribution in [2.45, 2.75) is 45.6 Å². The minimum absolute atomic E-state index is 0.0266. The second-order valence-electron chi connectivity index (χ2n) is 9.05. The molecule has 10 nitrogen and oxygen atoms in total. The number of ether oxygens (including phenoxy) is 3. The lowest BCUT2D eigenvalue weighted by Crippen LogP contribution is -2.53. The van der Waals surface area contributed by atoms with Gasteiger partial charge in [-0.05, 0) is 50.6 Å². The molecule has 3 atom stereocenters. The standard InChI is InChI=1S/C30H29NO9/c1-18-9-13-22(14-10-18)29(36)39-24(25(27(33)34)40-30(37)23-15-11-19(2)12-16-23)26(32)31-20(3)28(35)38-17-21-7-5-4-6-8-21/h4-16,20,24-25H,17H2,1-3H3,(H,31,32)(H,33,34)/t20-,24-,25-/m1/s1. The molecule has 0 aliphatic heterocycles. The largest absolute Gasteiger partial charge is 0.478 e. The number of esters is 3. The fraction of sp³-hybridized carbons (Fsp3) is 0.233. The number of rotatable bonds is 11. The first-order valence-electron chi connectivity index (χ1n) is 12.3. The van der Waals surface area contributed by atoms with Crippen LogP contribution in [0.3, 0.4) is 0 Å². The topological polar surface area (TPSA) is 145 Å². The van der Waals surface area contributed by atoms with Gasteiger partial charge in [-0.2, -0.15) is 0 Å². The molecule has 208 valence electrons. The molecule has 0 unspecified atom stereocenters. The zero-order chi connectivity index (χ0) is 29.2. The fourth-order valence-electron chi connectivity index (χ4n) is 3.45. The molecule has 3 rings (SSSR count). The van der Waals surface area contributed by atoms with Crippen molar-refractivity contribution in [1.82, 2.24) is 5.32 Å². The van der Waals surface area contributed by atoms with Crippen LogP contribution in [0.25, 0.3) is 0 Å². The third-order valence-corrected chi connectivity index (χ3v) is 5.76. The number of carboxylic acids is 1. The van der Waals surface area contributed by atoms with Gasteiger partial charge in [0.25, 0.3) is 5.91 Å². The lowest BCUT2D eigenvalue weighted by Gasteiger charge is -2.24. The Bertz CT molecular complexity index is 1350. The van der Waals surface area contributed by atoms with Crippen molar-refractivity contribution in [2.75, 3.05) is 0 Å². The fourth-order valence-corrected chi connectivity index (χ4v) is 3.45. The maximum Gasteiger partial charge on any atom is 0.349 e. The molecule has 3 aromatic rings. The summed E-state index contributed by atoms with van der Waals surface area (Å²) in [5.74, 6) is -5.81. The number of carbonyl (C=O) groups excluding carboxylic acids is 4. The smallest absolute Gasteiger partial charge is 0.349 e. The molecule has 10 heteroatoms. The molecule has 0 saturated carbocycles. The van der Waals surface area contributed by atoms with Gasteiger partial charge in [0, 0.05) is 0 Å². The number of amides is 1.